The maximum absolute atomic E-state index is 11.7. The lowest BCUT2D eigenvalue weighted by Gasteiger charge is -2.25. The van der Waals surface area contributed by atoms with Crippen molar-refractivity contribution in [1.82, 2.24) is 9.97 Å². The maximum atomic E-state index is 11.7. The highest BCUT2D eigenvalue weighted by Crippen LogP contribution is 2.41. The van der Waals surface area contributed by atoms with Gasteiger partial charge in [-0.1, -0.05) is 12.1 Å². The molecule has 28 heavy (non-hydrogen) atoms. The summed E-state index contributed by atoms with van der Waals surface area (Å²) >= 11 is 0. The summed E-state index contributed by atoms with van der Waals surface area (Å²) in [5.74, 6) is 0.606. The first-order chi connectivity index (χ1) is 13.7. The van der Waals surface area contributed by atoms with Crippen molar-refractivity contribution in [1.29, 1.82) is 0 Å². The van der Waals surface area contributed by atoms with Gasteiger partial charge in [-0.2, -0.15) is 0 Å². The number of ether oxygens (including phenoxy) is 2. The van der Waals surface area contributed by atoms with Gasteiger partial charge in [0.25, 0.3) is 0 Å². The summed E-state index contributed by atoms with van der Waals surface area (Å²) in [6, 6.07) is 5.92. The predicted molar refractivity (Wildman–Crippen MR) is 105 cm³/mol. The largest absolute Gasteiger partial charge is 0.491 e. The molecule has 1 aliphatic carbocycles. The highest BCUT2D eigenvalue weighted by atomic mass is 16.5. The normalized spacial score (nSPS) is 17.3. The first-order valence-corrected chi connectivity index (χ1v) is 9.88. The molecule has 2 fully saturated rings. The fourth-order valence-corrected chi connectivity index (χ4v) is 3.64. The Hall–Kier alpha value is -2.67. The molecule has 0 radical (unpaired) electrons. The van der Waals surface area contributed by atoms with Crippen molar-refractivity contribution in [2.45, 2.75) is 44.4 Å². The smallest absolute Gasteiger partial charge is 0.358 e. The van der Waals surface area contributed by atoms with E-state index in [1.54, 1.807) is 6.20 Å². The minimum Gasteiger partial charge on any atom is -0.491 e. The molecule has 0 unspecified atom stereocenters. The van der Waals surface area contributed by atoms with Crippen LogP contribution in [-0.2, 0) is 4.74 Å². The quantitative estimate of drug-likeness (QED) is 0.744. The van der Waals surface area contributed by atoms with Crippen LogP contribution in [0.25, 0.3) is 0 Å². The van der Waals surface area contributed by atoms with Crippen LogP contribution in [0, 0.1) is 0 Å². The van der Waals surface area contributed by atoms with Crippen molar-refractivity contribution in [2.24, 2.45) is 0 Å². The van der Waals surface area contributed by atoms with Gasteiger partial charge in [0.2, 0.25) is 0 Å². The highest BCUT2D eigenvalue weighted by molar-refractivity contribution is 5.92. The number of aromatic carboxylic acids is 1. The molecule has 1 aromatic carbocycles. The van der Waals surface area contributed by atoms with Crippen LogP contribution in [0.3, 0.4) is 0 Å². The van der Waals surface area contributed by atoms with Crippen LogP contribution in [0.2, 0.25) is 0 Å². The molecule has 1 aromatic heterocycles. The zero-order chi connectivity index (χ0) is 19.5. The number of hydrogen-bond acceptors (Lipinski definition) is 6. The molecule has 2 aromatic rings. The van der Waals surface area contributed by atoms with Gasteiger partial charge in [-0.15, -0.1) is 0 Å². The van der Waals surface area contributed by atoms with Crippen LogP contribution >= 0.6 is 0 Å². The summed E-state index contributed by atoms with van der Waals surface area (Å²) < 4.78 is 11.5. The number of carboxylic acid groups (broad SMARTS) is 1. The Kier molecular flexibility index (Phi) is 5.43. The number of nitrogens with zero attached hydrogens (tertiary/aromatic N) is 2. The van der Waals surface area contributed by atoms with Gasteiger partial charge in [-0.25, -0.2) is 14.8 Å². The third kappa shape index (κ3) is 3.94. The number of nitrogens with one attached hydrogen (secondary N) is 1. The van der Waals surface area contributed by atoms with Gasteiger partial charge in [-0.05, 0) is 50.2 Å². The second-order valence-corrected chi connectivity index (χ2v) is 7.24. The number of hydrogen-bond donors (Lipinski definition) is 2. The van der Waals surface area contributed by atoms with Crippen molar-refractivity contribution in [3.8, 4) is 5.75 Å². The lowest BCUT2D eigenvalue weighted by molar-refractivity contribution is 0.0691. The summed E-state index contributed by atoms with van der Waals surface area (Å²) in [6.07, 6.45) is 5.65. The van der Waals surface area contributed by atoms with Crippen molar-refractivity contribution < 1.29 is 19.4 Å². The summed E-state index contributed by atoms with van der Waals surface area (Å²) in [7, 11) is 0. The van der Waals surface area contributed by atoms with Crippen LogP contribution in [0.1, 0.15) is 66.2 Å². The van der Waals surface area contributed by atoms with Crippen LogP contribution < -0.4 is 10.1 Å². The number of aromatic nitrogens is 2. The number of benzene rings is 1. The Morgan fingerprint density at radius 2 is 2.04 bits per heavy atom. The molecule has 1 aliphatic heterocycles. The van der Waals surface area contributed by atoms with E-state index in [9.17, 15) is 9.90 Å². The Balaban J connectivity index is 1.68. The molecule has 2 aliphatic rings. The number of carboxylic acids is 1. The summed E-state index contributed by atoms with van der Waals surface area (Å²) in [4.78, 5) is 20.5. The Labute approximate surface area is 164 Å². The van der Waals surface area contributed by atoms with Crippen molar-refractivity contribution in [2.75, 3.05) is 25.1 Å². The van der Waals surface area contributed by atoms with Crippen molar-refractivity contribution >= 4 is 17.5 Å². The molecule has 1 saturated carbocycles. The van der Waals surface area contributed by atoms with Crippen LogP contribution in [0.15, 0.2) is 24.4 Å². The van der Waals surface area contributed by atoms with Gasteiger partial charge < -0.3 is 19.9 Å². The summed E-state index contributed by atoms with van der Waals surface area (Å²) in [5.41, 5.74) is 2.53. The molecule has 7 heteroatoms. The first-order valence-electron chi connectivity index (χ1n) is 9.88. The zero-order valence-corrected chi connectivity index (χ0v) is 16.0. The Morgan fingerprint density at radius 1 is 1.25 bits per heavy atom. The molecule has 4 rings (SSSR count). The number of rotatable bonds is 7. The molecular weight excluding hydrogens is 358 g/mol. The third-order valence-corrected chi connectivity index (χ3v) is 5.24. The third-order valence-electron chi connectivity index (χ3n) is 5.24. The monoisotopic (exact) mass is 383 g/mol. The number of para-hydroxylation sites is 1. The Bertz CT molecular complexity index is 861. The topological polar surface area (TPSA) is 93.6 Å². The van der Waals surface area contributed by atoms with E-state index in [-0.39, 0.29) is 11.5 Å². The Morgan fingerprint density at radius 3 is 2.71 bits per heavy atom. The van der Waals surface area contributed by atoms with E-state index in [2.05, 4.69) is 21.4 Å². The molecule has 0 spiro atoms. The van der Waals surface area contributed by atoms with Crippen LogP contribution in [0.4, 0.5) is 11.5 Å². The molecular formula is C21H25N3O4. The van der Waals surface area contributed by atoms with Crippen LogP contribution in [-0.4, -0.2) is 40.9 Å². The van der Waals surface area contributed by atoms with Gasteiger partial charge in [0.15, 0.2) is 11.5 Å². The zero-order valence-electron chi connectivity index (χ0n) is 16.0. The summed E-state index contributed by atoms with van der Waals surface area (Å²) in [6.45, 7) is 3.95. The average molecular weight is 383 g/mol. The van der Waals surface area contributed by atoms with Gasteiger partial charge in [0, 0.05) is 19.1 Å². The minimum atomic E-state index is -1.09. The molecule has 148 valence electrons. The molecule has 7 nitrogen and oxygen atoms in total. The number of carbonyl (C=O) groups is 1. The molecule has 1 saturated heterocycles. The van der Waals surface area contributed by atoms with Crippen molar-refractivity contribution in [3.63, 3.8) is 0 Å². The van der Waals surface area contributed by atoms with Gasteiger partial charge >= 0.3 is 5.97 Å². The second-order valence-electron chi connectivity index (χ2n) is 7.24. The lowest BCUT2D eigenvalue weighted by Crippen LogP contribution is -2.16. The molecule has 2 N–H and O–H groups in total. The maximum Gasteiger partial charge on any atom is 0.358 e. The standard InChI is InChI=1S/C21H25N3O4/c1-2-28-19-15(13-8-10-27-11-9-13)4-3-5-16(19)24-20-18(21(25)26)23-17(12-22-20)14-6-7-14/h3-5,12-14H,2,6-11H2,1H3,(H,22,24)(H,25,26). The van der Waals surface area contributed by atoms with E-state index in [1.807, 2.05) is 19.1 Å². The van der Waals surface area contributed by atoms with E-state index in [0.717, 1.165) is 55.9 Å². The summed E-state index contributed by atoms with van der Waals surface area (Å²) in [5, 5.41) is 12.8. The number of anilines is 2. The van der Waals surface area contributed by atoms with E-state index < -0.39 is 5.97 Å². The predicted octanol–water partition coefficient (Wildman–Crippen LogP) is 4.09. The minimum absolute atomic E-state index is 0.0525. The molecule has 0 bridgehead atoms. The van der Waals surface area contributed by atoms with Gasteiger partial charge in [0.05, 0.1) is 24.2 Å². The average Bonchev–Trinajstić information content (AvgIpc) is 3.55. The van der Waals surface area contributed by atoms with E-state index in [1.165, 1.54) is 0 Å². The van der Waals surface area contributed by atoms with Crippen LogP contribution in [0.5, 0.6) is 5.75 Å². The van der Waals surface area contributed by atoms with E-state index in [4.69, 9.17) is 9.47 Å². The first kappa shape index (κ1) is 18.7. The fraction of sp³-hybridized carbons (Fsp3) is 0.476. The van der Waals surface area contributed by atoms with Crippen molar-refractivity contribution in [3.05, 3.63) is 41.3 Å². The van der Waals surface area contributed by atoms with E-state index >= 15 is 0 Å². The van der Waals surface area contributed by atoms with Gasteiger partial charge in [-0.3, -0.25) is 0 Å². The molecule has 2 heterocycles. The lowest BCUT2D eigenvalue weighted by atomic mass is 9.90. The molecule has 0 amide bonds. The molecule has 0 atom stereocenters. The SMILES string of the molecule is CCOc1c(Nc2ncc(C3CC3)nc2C(=O)O)cccc1C1CCOCC1. The fourth-order valence-electron chi connectivity index (χ4n) is 3.64. The van der Waals surface area contributed by atoms with Gasteiger partial charge in [0.1, 0.15) is 5.75 Å². The highest BCUT2D eigenvalue weighted by Gasteiger charge is 2.28. The van der Waals surface area contributed by atoms with E-state index in [0.29, 0.717) is 24.1 Å². The second kappa shape index (κ2) is 8.14.